The van der Waals surface area contributed by atoms with Crippen molar-refractivity contribution in [2.45, 2.75) is 65.6 Å². The molecule has 1 fully saturated rings. The van der Waals surface area contributed by atoms with Gasteiger partial charge in [-0.2, -0.15) is 0 Å². The quantitative estimate of drug-likeness (QED) is 0.757. The van der Waals surface area contributed by atoms with Gasteiger partial charge in [0.15, 0.2) is 0 Å². The van der Waals surface area contributed by atoms with Gasteiger partial charge in [0.1, 0.15) is 0 Å². The maximum absolute atomic E-state index is 5.69. The van der Waals surface area contributed by atoms with E-state index in [1.807, 2.05) is 0 Å². The summed E-state index contributed by atoms with van der Waals surface area (Å²) >= 11 is 0. The fourth-order valence-electron chi connectivity index (χ4n) is 2.74. The highest BCUT2D eigenvalue weighted by atomic mass is 16.5. The molecule has 1 rings (SSSR count). The van der Waals surface area contributed by atoms with E-state index in [1.54, 1.807) is 0 Å². The van der Waals surface area contributed by atoms with Crippen LogP contribution < -0.4 is 5.32 Å². The molecule has 0 aromatic rings. The molecule has 0 amide bonds. The largest absolute Gasteiger partial charge is 0.377 e. The van der Waals surface area contributed by atoms with Crippen molar-refractivity contribution in [3.05, 3.63) is 0 Å². The van der Waals surface area contributed by atoms with Crippen molar-refractivity contribution >= 4 is 0 Å². The fraction of sp³-hybridized carbons (Fsp3) is 1.00. The smallest absolute Gasteiger partial charge is 0.0597 e. The Morgan fingerprint density at radius 1 is 1.28 bits per heavy atom. The summed E-state index contributed by atoms with van der Waals surface area (Å²) < 4.78 is 5.69. The average molecular weight is 256 g/mol. The highest BCUT2D eigenvalue weighted by Gasteiger charge is 2.26. The summed E-state index contributed by atoms with van der Waals surface area (Å²) in [5.74, 6) is 0.773. The molecule has 0 aromatic carbocycles. The van der Waals surface area contributed by atoms with Gasteiger partial charge in [-0.1, -0.05) is 20.8 Å². The summed E-state index contributed by atoms with van der Waals surface area (Å²) in [6.07, 6.45) is 2.85. The average Bonchev–Trinajstić information content (AvgIpc) is 2.28. The van der Waals surface area contributed by atoms with Crippen molar-refractivity contribution in [2.75, 3.05) is 26.2 Å². The van der Waals surface area contributed by atoms with Crippen LogP contribution in [0.3, 0.4) is 0 Å². The second kappa shape index (κ2) is 8.13. The molecule has 0 aliphatic carbocycles. The first-order valence-corrected chi connectivity index (χ1v) is 7.62. The van der Waals surface area contributed by atoms with E-state index in [4.69, 9.17) is 4.74 Å². The number of nitrogens with zero attached hydrogens (tertiary/aromatic N) is 1. The van der Waals surface area contributed by atoms with Gasteiger partial charge in [-0.3, -0.25) is 4.90 Å². The summed E-state index contributed by atoms with van der Waals surface area (Å²) in [4.78, 5) is 2.62. The molecule has 1 saturated heterocycles. The van der Waals surface area contributed by atoms with Crippen LogP contribution in [0.15, 0.2) is 0 Å². The number of hydrogen-bond acceptors (Lipinski definition) is 3. The molecule has 2 atom stereocenters. The van der Waals surface area contributed by atoms with Gasteiger partial charge in [-0.25, -0.2) is 0 Å². The van der Waals surface area contributed by atoms with Crippen LogP contribution in [0.2, 0.25) is 0 Å². The van der Waals surface area contributed by atoms with Gasteiger partial charge in [0.05, 0.1) is 12.7 Å². The first-order valence-electron chi connectivity index (χ1n) is 7.62. The normalized spacial score (nSPS) is 26.2. The van der Waals surface area contributed by atoms with Crippen molar-refractivity contribution < 1.29 is 4.74 Å². The van der Waals surface area contributed by atoms with Crippen molar-refractivity contribution in [1.82, 2.24) is 10.2 Å². The Hall–Kier alpha value is -0.120. The van der Waals surface area contributed by atoms with E-state index in [2.05, 4.69) is 44.8 Å². The molecule has 1 aliphatic heterocycles. The highest BCUT2D eigenvalue weighted by molar-refractivity contribution is 4.85. The van der Waals surface area contributed by atoms with Gasteiger partial charge < -0.3 is 10.1 Å². The van der Waals surface area contributed by atoms with E-state index in [0.29, 0.717) is 18.2 Å². The zero-order chi connectivity index (χ0) is 13.5. The molecule has 0 spiro atoms. The lowest BCUT2D eigenvalue weighted by atomic mass is 9.99. The van der Waals surface area contributed by atoms with Gasteiger partial charge in [0, 0.05) is 31.7 Å². The number of rotatable bonds is 7. The Kier molecular flexibility index (Phi) is 7.20. The molecule has 18 heavy (non-hydrogen) atoms. The predicted octanol–water partition coefficient (Wildman–Crippen LogP) is 2.51. The molecule has 0 bridgehead atoms. The van der Waals surface area contributed by atoms with Crippen LogP contribution in [-0.4, -0.2) is 49.3 Å². The third kappa shape index (κ3) is 5.68. The molecular weight excluding hydrogens is 224 g/mol. The zero-order valence-corrected chi connectivity index (χ0v) is 12.9. The topological polar surface area (TPSA) is 24.5 Å². The lowest BCUT2D eigenvalue weighted by Crippen LogP contribution is -2.57. The van der Waals surface area contributed by atoms with Crippen LogP contribution in [0.5, 0.6) is 0 Å². The second-order valence-electron chi connectivity index (χ2n) is 6.21. The number of nitrogens with one attached hydrogen (secondary N) is 1. The van der Waals surface area contributed by atoms with Gasteiger partial charge in [0.25, 0.3) is 0 Å². The summed E-state index contributed by atoms with van der Waals surface area (Å²) in [6.45, 7) is 15.4. The first kappa shape index (κ1) is 15.9. The molecule has 2 unspecified atom stereocenters. The van der Waals surface area contributed by atoms with Gasteiger partial charge in [0.2, 0.25) is 0 Å². The van der Waals surface area contributed by atoms with Crippen LogP contribution in [-0.2, 0) is 4.74 Å². The molecule has 1 N–H and O–H groups in total. The zero-order valence-electron chi connectivity index (χ0n) is 12.9. The van der Waals surface area contributed by atoms with E-state index >= 15 is 0 Å². The van der Waals surface area contributed by atoms with Crippen molar-refractivity contribution in [2.24, 2.45) is 5.92 Å². The van der Waals surface area contributed by atoms with E-state index in [-0.39, 0.29) is 0 Å². The third-order valence-corrected chi connectivity index (χ3v) is 3.67. The van der Waals surface area contributed by atoms with Gasteiger partial charge >= 0.3 is 0 Å². The Balaban J connectivity index is 2.38. The fourth-order valence-corrected chi connectivity index (χ4v) is 2.74. The minimum absolute atomic E-state index is 0.347. The Labute approximate surface area is 113 Å². The Morgan fingerprint density at radius 3 is 2.56 bits per heavy atom. The number of ether oxygens (including phenoxy) is 1. The van der Waals surface area contributed by atoms with E-state index in [9.17, 15) is 0 Å². The van der Waals surface area contributed by atoms with Crippen molar-refractivity contribution in [3.8, 4) is 0 Å². The summed E-state index contributed by atoms with van der Waals surface area (Å²) in [5.41, 5.74) is 0. The molecule has 0 aromatic heterocycles. The van der Waals surface area contributed by atoms with Crippen LogP contribution in [0, 0.1) is 5.92 Å². The first-order chi connectivity index (χ1) is 8.52. The standard InChI is InChI=1S/C15H32N2O/c1-6-15-10-16-14(9-12(2)3)11-17(15)7-8-18-13(4)5/h12-16H,6-11H2,1-5H3. The second-order valence-corrected chi connectivity index (χ2v) is 6.21. The summed E-state index contributed by atoms with van der Waals surface area (Å²) in [7, 11) is 0. The minimum Gasteiger partial charge on any atom is -0.377 e. The molecule has 1 heterocycles. The predicted molar refractivity (Wildman–Crippen MR) is 78.0 cm³/mol. The maximum Gasteiger partial charge on any atom is 0.0597 e. The molecule has 108 valence electrons. The highest BCUT2D eigenvalue weighted by Crippen LogP contribution is 2.15. The molecule has 0 saturated carbocycles. The molecular formula is C15H32N2O. The molecule has 0 radical (unpaired) electrons. The number of piperazine rings is 1. The van der Waals surface area contributed by atoms with Crippen molar-refractivity contribution in [1.29, 1.82) is 0 Å². The Bertz CT molecular complexity index is 219. The monoisotopic (exact) mass is 256 g/mol. The van der Waals surface area contributed by atoms with Crippen LogP contribution in [0.4, 0.5) is 0 Å². The van der Waals surface area contributed by atoms with Gasteiger partial charge in [-0.15, -0.1) is 0 Å². The molecule has 3 heteroatoms. The maximum atomic E-state index is 5.69. The van der Waals surface area contributed by atoms with E-state index < -0.39 is 0 Å². The lowest BCUT2D eigenvalue weighted by molar-refractivity contribution is 0.0342. The van der Waals surface area contributed by atoms with E-state index in [0.717, 1.165) is 25.6 Å². The summed E-state index contributed by atoms with van der Waals surface area (Å²) in [6, 6.07) is 1.34. The van der Waals surface area contributed by atoms with Crippen LogP contribution >= 0.6 is 0 Å². The SMILES string of the molecule is CCC1CNC(CC(C)C)CN1CCOC(C)C. The van der Waals surface area contributed by atoms with Crippen LogP contribution in [0.1, 0.15) is 47.5 Å². The minimum atomic E-state index is 0.347. The summed E-state index contributed by atoms with van der Waals surface area (Å²) in [5, 5.41) is 3.70. The molecule has 3 nitrogen and oxygen atoms in total. The van der Waals surface area contributed by atoms with E-state index in [1.165, 1.54) is 19.4 Å². The lowest BCUT2D eigenvalue weighted by Gasteiger charge is -2.40. The van der Waals surface area contributed by atoms with Gasteiger partial charge in [-0.05, 0) is 32.6 Å². The third-order valence-electron chi connectivity index (χ3n) is 3.67. The molecule has 1 aliphatic rings. The Morgan fingerprint density at radius 2 is 2.00 bits per heavy atom. The van der Waals surface area contributed by atoms with Crippen LogP contribution in [0.25, 0.3) is 0 Å². The van der Waals surface area contributed by atoms with Crippen molar-refractivity contribution in [3.63, 3.8) is 0 Å². The number of hydrogen-bond donors (Lipinski definition) is 1.